The highest BCUT2D eigenvalue weighted by Crippen LogP contribution is 2.32. The van der Waals surface area contributed by atoms with E-state index in [1.54, 1.807) is 0 Å². The van der Waals surface area contributed by atoms with Crippen molar-refractivity contribution in [2.45, 2.75) is 23.8 Å². The summed E-state index contributed by atoms with van der Waals surface area (Å²) in [4.78, 5) is 0.130. The molecule has 1 unspecified atom stereocenters. The zero-order valence-electron chi connectivity index (χ0n) is 11.0. The number of nitrogens with zero attached hydrogens (tertiary/aromatic N) is 2. The maximum Gasteiger partial charge on any atom is 0.263 e. The first-order valence-electron chi connectivity index (χ1n) is 6.38. The number of hydrogen-bond acceptors (Lipinski definition) is 7. The minimum atomic E-state index is -3.68. The van der Waals surface area contributed by atoms with Crippen molar-refractivity contribution in [1.82, 2.24) is 10.2 Å². The first kappa shape index (κ1) is 14.2. The van der Waals surface area contributed by atoms with Crippen molar-refractivity contribution in [2.24, 2.45) is 0 Å². The number of rotatable bonds is 4. The Morgan fingerprint density at radius 3 is 2.71 bits per heavy atom. The lowest BCUT2D eigenvalue weighted by Gasteiger charge is -2.05. The van der Waals surface area contributed by atoms with Gasteiger partial charge in [0.2, 0.25) is 5.13 Å². The van der Waals surface area contributed by atoms with E-state index >= 15 is 0 Å². The van der Waals surface area contributed by atoms with Crippen LogP contribution in [-0.2, 0) is 14.8 Å². The second-order valence-corrected chi connectivity index (χ2v) is 7.31. The zero-order valence-corrected chi connectivity index (χ0v) is 12.7. The van der Waals surface area contributed by atoms with Gasteiger partial charge in [-0.25, -0.2) is 8.42 Å². The fraction of sp³-hybridized carbons (Fsp3) is 0.333. The van der Waals surface area contributed by atoms with Crippen LogP contribution in [0.5, 0.6) is 0 Å². The van der Waals surface area contributed by atoms with Crippen LogP contribution >= 0.6 is 11.3 Å². The summed E-state index contributed by atoms with van der Waals surface area (Å²) >= 11 is 1.19. The average molecular weight is 326 g/mol. The number of nitrogens with one attached hydrogen (secondary N) is 1. The molecule has 1 saturated heterocycles. The van der Waals surface area contributed by atoms with Gasteiger partial charge in [0.25, 0.3) is 10.0 Å². The molecule has 2 heterocycles. The van der Waals surface area contributed by atoms with Crippen molar-refractivity contribution in [2.75, 3.05) is 17.1 Å². The van der Waals surface area contributed by atoms with Gasteiger partial charge in [0.15, 0.2) is 0 Å². The van der Waals surface area contributed by atoms with Crippen molar-refractivity contribution in [3.8, 4) is 0 Å². The molecule has 1 aliphatic heterocycles. The number of hydrogen-bond donors (Lipinski definition) is 2. The molecular formula is C12H14N4O3S2. The van der Waals surface area contributed by atoms with Gasteiger partial charge in [-0.3, -0.25) is 4.72 Å². The number of nitrogen functional groups attached to an aromatic ring is 1. The van der Waals surface area contributed by atoms with Crippen LogP contribution in [0.25, 0.3) is 0 Å². The fourth-order valence-electron chi connectivity index (χ4n) is 2.00. The van der Waals surface area contributed by atoms with Crippen LogP contribution in [0, 0.1) is 0 Å². The van der Waals surface area contributed by atoms with E-state index in [4.69, 9.17) is 10.5 Å². The SMILES string of the molecule is Nc1ccc(S(=O)(=O)Nc2nnc(C3CCCO3)s2)cc1. The summed E-state index contributed by atoms with van der Waals surface area (Å²) in [5, 5.41) is 8.78. The number of benzene rings is 1. The van der Waals surface area contributed by atoms with Gasteiger partial charge < -0.3 is 10.5 Å². The number of sulfonamides is 1. The summed E-state index contributed by atoms with van der Waals surface area (Å²) in [5.41, 5.74) is 6.05. The van der Waals surface area contributed by atoms with E-state index < -0.39 is 10.0 Å². The Hall–Kier alpha value is -1.71. The molecule has 0 aliphatic carbocycles. The predicted molar refractivity (Wildman–Crippen MR) is 79.5 cm³/mol. The van der Waals surface area contributed by atoms with E-state index in [-0.39, 0.29) is 16.1 Å². The number of ether oxygens (including phenoxy) is 1. The third kappa shape index (κ3) is 3.14. The van der Waals surface area contributed by atoms with Gasteiger partial charge >= 0.3 is 0 Å². The van der Waals surface area contributed by atoms with Crippen molar-refractivity contribution in [3.63, 3.8) is 0 Å². The molecule has 0 bridgehead atoms. The molecule has 1 fully saturated rings. The highest BCUT2D eigenvalue weighted by atomic mass is 32.2. The largest absolute Gasteiger partial charge is 0.399 e. The van der Waals surface area contributed by atoms with Gasteiger partial charge in [-0.15, -0.1) is 10.2 Å². The summed E-state index contributed by atoms with van der Waals surface area (Å²) in [7, 11) is -3.68. The molecule has 112 valence electrons. The first-order valence-corrected chi connectivity index (χ1v) is 8.68. The zero-order chi connectivity index (χ0) is 14.9. The smallest absolute Gasteiger partial charge is 0.263 e. The van der Waals surface area contributed by atoms with Crippen molar-refractivity contribution >= 4 is 32.2 Å². The van der Waals surface area contributed by atoms with Gasteiger partial charge in [-0.05, 0) is 37.1 Å². The highest BCUT2D eigenvalue weighted by molar-refractivity contribution is 7.93. The second-order valence-electron chi connectivity index (χ2n) is 4.62. The van der Waals surface area contributed by atoms with E-state index in [1.165, 1.54) is 35.6 Å². The second kappa shape index (κ2) is 5.58. The van der Waals surface area contributed by atoms with Crippen molar-refractivity contribution < 1.29 is 13.2 Å². The normalized spacial score (nSPS) is 18.8. The van der Waals surface area contributed by atoms with Gasteiger partial charge in [0, 0.05) is 12.3 Å². The maximum absolute atomic E-state index is 12.2. The molecule has 0 saturated carbocycles. The van der Waals surface area contributed by atoms with Crippen LogP contribution in [-0.4, -0.2) is 25.2 Å². The first-order chi connectivity index (χ1) is 10.0. The van der Waals surface area contributed by atoms with Gasteiger partial charge in [0.05, 0.1) is 4.90 Å². The van der Waals surface area contributed by atoms with Crippen LogP contribution in [0.15, 0.2) is 29.2 Å². The van der Waals surface area contributed by atoms with Crippen LogP contribution < -0.4 is 10.5 Å². The number of nitrogens with two attached hydrogens (primary N) is 1. The molecule has 1 aliphatic rings. The third-order valence-corrected chi connectivity index (χ3v) is 5.47. The summed E-state index contributed by atoms with van der Waals surface area (Å²) in [5.74, 6) is 0. The summed E-state index contributed by atoms with van der Waals surface area (Å²) in [6.45, 7) is 0.705. The summed E-state index contributed by atoms with van der Waals surface area (Å²) < 4.78 is 32.3. The Balaban J connectivity index is 1.77. The molecule has 1 aromatic carbocycles. The van der Waals surface area contributed by atoms with Crippen LogP contribution in [0.1, 0.15) is 24.0 Å². The van der Waals surface area contributed by atoms with Gasteiger partial charge in [-0.2, -0.15) is 0 Å². The molecule has 2 aromatic rings. The van der Waals surface area contributed by atoms with E-state index in [0.717, 1.165) is 12.8 Å². The van der Waals surface area contributed by atoms with Crippen LogP contribution in [0.2, 0.25) is 0 Å². The van der Waals surface area contributed by atoms with E-state index in [9.17, 15) is 8.42 Å². The van der Waals surface area contributed by atoms with E-state index in [2.05, 4.69) is 14.9 Å². The maximum atomic E-state index is 12.2. The van der Waals surface area contributed by atoms with Crippen LogP contribution in [0.3, 0.4) is 0 Å². The topological polar surface area (TPSA) is 107 Å². The van der Waals surface area contributed by atoms with Gasteiger partial charge in [-0.1, -0.05) is 11.3 Å². The van der Waals surface area contributed by atoms with Crippen LogP contribution in [0.4, 0.5) is 10.8 Å². The lowest BCUT2D eigenvalue weighted by molar-refractivity contribution is 0.111. The molecule has 1 atom stereocenters. The van der Waals surface area contributed by atoms with E-state index in [0.29, 0.717) is 17.3 Å². The Bertz CT molecular complexity index is 721. The third-order valence-electron chi connectivity index (χ3n) is 3.06. The Kier molecular flexibility index (Phi) is 3.79. The fourth-order valence-corrected chi connectivity index (χ4v) is 4.06. The molecule has 9 heteroatoms. The molecule has 0 spiro atoms. The predicted octanol–water partition coefficient (Wildman–Crippen LogP) is 1.77. The molecule has 1 aromatic heterocycles. The molecule has 21 heavy (non-hydrogen) atoms. The number of anilines is 2. The Labute approximate surface area is 126 Å². The molecule has 3 N–H and O–H groups in total. The highest BCUT2D eigenvalue weighted by Gasteiger charge is 2.23. The lowest BCUT2D eigenvalue weighted by atomic mass is 10.2. The standard InChI is InChI=1S/C12H14N4O3S2/c13-8-3-5-9(6-4-8)21(17,18)16-12-15-14-11(20-12)10-2-1-7-19-10/h3-6,10H,1-2,7,13H2,(H,15,16). The summed E-state index contributed by atoms with van der Waals surface area (Å²) in [6.07, 6.45) is 1.80. The Morgan fingerprint density at radius 2 is 2.05 bits per heavy atom. The number of aromatic nitrogens is 2. The van der Waals surface area contributed by atoms with Gasteiger partial charge in [0.1, 0.15) is 11.1 Å². The quantitative estimate of drug-likeness (QED) is 0.829. The van der Waals surface area contributed by atoms with E-state index in [1.807, 2.05) is 0 Å². The lowest BCUT2D eigenvalue weighted by Crippen LogP contribution is -2.12. The summed E-state index contributed by atoms with van der Waals surface area (Å²) in [6, 6.07) is 5.96. The van der Waals surface area contributed by atoms with Crippen molar-refractivity contribution in [3.05, 3.63) is 29.3 Å². The monoisotopic (exact) mass is 326 g/mol. The molecule has 0 amide bonds. The molecule has 3 rings (SSSR count). The average Bonchev–Trinajstić information content (AvgIpc) is 3.09. The Morgan fingerprint density at radius 1 is 1.29 bits per heavy atom. The molecular weight excluding hydrogens is 312 g/mol. The minimum Gasteiger partial charge on any atom is -0.399 e. The van der Waals surface area contributed by atoms with Crippen molar-refractivity contribution in [1.29, 1.82) is 0 Å². The molecule has 7 nitrogen and oxygen atoms in total. The minimum absolute atomic E-state index is 0.0720. The molecule has 0 radical (unpaired) electrons.